The highest BCUT2D eigenvalue weighted by atomic mass is 35.5. The molecule has 1 unspecified atom stereocenters. The van der Waals surface area contributed by atoms with Gasteiger partial charge in [0.15, 0.2) is 0 Å². The number of nitrogens with zero attached hydrogens (tertiary/aromatic N) is 2. The molecule has 0 aliphatic carbocycles. The zero-order valence-corrected chi connectivity index (χ0v) is 10.2. The van der Waals surface area contributed by atoms with E-state index in [0.717, 1.165) is 0 Å². The molecule has 2 rings (SSSR count). The van der Waals surface area contributed by atoms with Gasteiger partial charge in [-0.15, -0.1) is 0 Å². The van der Waals surface area contributed by atoms with E-state index in [2.05, 4.69) is 15.4 Å². The van der Waals surface area contributed by atoms with Gasteiger partial charge in [0.1, 0.15) is 11.6 Å². The Labute approximate surface area is 109 Å². The Balaban J connectivity index is 2.26. The second kappa shape index (κ2) is 5.86. The van der Waals surface area contributed by atoms with Gasteiger partial charge in [-0.3, -0.25) is 5.84 Å². The first-order valence-electron chi connectivity index (χ1n) is 5.38. The summed E-state index contributed by atoms with van der Waals surface area (Å²) in [4.78, 5) is 8.17. The summed E-state index contributed by atoms with van der Waals surface area (Å²) in [7, 11) is 0. The minimum atomic E-state index is -0.388. The third-order valence-corrected chi connectivity index (χ3v) is 2.92. The molecular formula is C12H12ClFN4. The van der Waals surface area contributed by atoms with E-state index in [4.69, 9.17) is 17.4 Å². The van der Waals surface area contributed by atoms with Crippen molar-refractivity contribution in [2.24, 2.45) is 5.84 Å². The Hall–Kier alpha value is -1.56. The van der Waals surface area contributed by atoms with Crippen molar-refractivity contribution in [1.82, 2.24) is 15.4 Å². The Bertz CT molecular complexity index is 500. The quantitative estimate of drug-likeness (QED) is 0.656. The number of hydrogen-bond acceptors (Lipinski definition) is 4. The molecule has 1 aromatic carbocycles. The number of nitrogens with two attached hydrogens (primary N) is 1. The summed E-state index contributed by atoms with van der Waals surface area (Å²) in [6.45, 7) is 0. The fraction of sp³-hybridized carbons (Fsp3) is 0.167. The van der Waals surface area contributed by atoms with E-state index < -0.39 is 0 Å². The molecular weight excluding hydrogens is 255 g/mol. The lowest BCUT2D eigenvalue weighted by Crippen LogP contribution is -2.31. The molecule has 0 saturated carbocycles. The fourth-order valence-electron chi connectivity index (χ4n) is 1.65. The molecule has 0 aliphatic rings. The predicted octanol–water partition coefficient (Wildman–Crippen LogP) is 2.02. The van der Waals surface area contributed by atoms with Crippen molar-refractivity contribution in [3.63, 3.8) is 0 Å². The standard InChI is InChI=1S/C12H12ClFN4/c13-9-3-1-4-10(14)8(9)7-11(18-15)12-16-5-2-6-17-12/h1-6,11,18H,7,15H2. The fourth-order valence-corrected chi connectivity index (χ4v) is 1.89. The lowest BCUT2D eigenvalue weighted by molar-refractivity contribution is 0.506. The highest BCUT2D eigenvalue weighted by Gasteiger charge is 2.17. The van der Waals surface area contributed by atoms with Crippen LogP contribution in [-0.4, -0.2) is 9.97 Å². The smallest absolute Gasteiger partial charge is 0.146 e. The highest BCUT2D eigenvalue weighted by Crippen LogP contribution is 2.23. The van der Waals surface area contributed by atoms with Crippen LogP contribution < -0.4 is 11.3 Å². The van der Waals surface area contributed by atoms with Gasteiger partial charge in [-0.2, -0.15) is 0 Å². The number of rotatable bonds is 4. The molecule has 1 aromatic heterocycles. The van der Waals surface area contributed by atoms with Crippen LogP contribution in [0.5, 0.6) is 0 Å². The van der Waals surface area contributed by atoms with Crippen molar-refractivity contribution >= 4 is 11.6 Å². The summed E-state index contributed by atoms with van der Waals surface area (Å²) in [6, 6.07) is 5.87. The molecule has 4 nitrogen and oxygen atoms in total. The van der Waals surface area contributed by atoms with Crippen molar-refractivity contribution in [3.8, 4) is 0 Å². The molecule has 94 valence electrons. The van der Waals surface area contributed by atoms with Crippen LogP contribution in [0.3, 0.4) is 0 Å². The van der Waals surface area contributed by atoms with E-state index in [0.29, 0.717) is 16.4 Å². The van der Waals surface area contributed by atoms with Crippen LogP contribution in [0, 0.1) is 5.82 Å². The van der Waals surface area contributed by atoms with Crippen LogP contribution in [0.4, 0.5) is 4.39 Å². The number of nitrogens with one attached hydrogen (secondary N) is 1. The van der Waals surface area contributed by atoms with E-state index >= 15 is 0 Å². The monoisotopic (exact) mass is 266 g/mol. The van der Waals surface area contributed by atoms with Gasteiger partial charge < -0.3 is 0 Å². The average molecular weight is 267 g/mol. The minimum Gasteiger partial charge on any atom is -0.271 e. The molecule has 1 atom stereocenters. The number of aromatic nitrogens is 2. The van der Waals surface area contributed by atoms with Gasteiger partial charge in [0, 0.05) is 29.4 Å². The molecule has 0 bridgehead atoms. The SMILES string of the molecule is NNC(Cc1c(F)cccc1Cl)c1ncccn1. The van der Waals surface area contributed by atoms with Crippen LogP contribution in [0.2, 0.25) is 5.02 Å². The van der Waals surface area contributed by atoms with Crippen molar-refractivity contribution < 1.29 is 4.39 Å². The van der Waals surface area contributed by atoms with Gasteiger partial charge in [-0.25, -0.2) is 19.8 Å². The Kier molecular flexibility index (Phi) is 4.19. The molecule has 1 heterocycles. The topological polar surface area (TPSA) is 63.8 Å². The molecule has 0 fully saturated rings. The summed E-state index contributed by atoms with van der Waals surface area (Å²) in [6.07, 6.45) is 3.50. The number of benzene rings is 1. The molecule has 18 heavy (non-hydrogen) atoms. The lowest BCUT2D eigenvalue weighted by atomic mass is 10.1. The lowest BCUT2D eigenvalue weighted by Gasteiger charge is -2.15. The van der Waals surface area contributed by atoms with Gasteiger partial charge >= 0.3 is 0 Å². The number of hydrogen-bond donors (Lipinski definition) is 2. The van der Waals surface area contributed by atoms with E-state index in [1.54, 1.807) is 30.6 Å². The summed E-state index contributed by atoms with van der Waals surface area (Å²) in [5, 5.41) is 0.367. The number of halogens is 2. The van der Waals surface area contributed by atoms with Gasteiger partial charge in [0.25, 0.3) is 0 Å². The first-order valence-corrected chi connectivity index (χ1v) is 5.76. The van der Waals surface area contributed by atoms with Gasteiger partial charge in [0.05, 0.1) is 6.04 Å². The molecule has 0 amide bonds. The van der Waals surface area contributed by atoms with E-state index in [9.17, 15) is 4.39 Å². The minimum absolute atomic E-state index is 0.284. The number of hydrazine groups is 1. The molecule has 6 heteroatoms. The Morgan fingerprint density at radius 1 is 1.28 bits per heavy atom. The Morgan fingerprint density at radius 2 is 2.00 bits per heavy atom. The van der Waals surface area contributed by atoms with Crippen LogP contribution in [0.25, 0.3) is 0 Å². The normalized spacial score (nSPS) is 12.4. The summed E-state index contributed by atoms with van der Waals surface area (Å²) < 4.78 is 13.7. The third kappa shape index (κ3) is 2.81. The van der Waals surface area contributed by atoms with Gasteiger partial charge in [-0.1, -0.05) is 17.7 Å². The first kappa shape index (κ1) is 12.9. The highest BCUT2D eigenvalue weighted by molar-refractivity contribution is 6.31. The molecule has 2 aromatic rings. The summed E-state index contributed by atoms with van der Waals surface area (Å²) in [5.74, 6) is 5.59. The maximum atomic E-state index is 13.7. The van der Waals surface area contributed by atoms with Crippen LogP contribution in [-0.2, 0) is 6.42 Å². The summed E-state index contributed by atoms with van der Waals surface area (Å²) >= 11 is 5.97. The average Bonchev–Trinajstić information content (AvgIpc) is 2.40. The molecule has 0 radical (unpaired) electrons. The second-order valence-electron chi connectivity index (χ2n) is 3.73. The van der Waals surface area contributed by atoms with Crippen LogP contribution >= 0.6 is 11.6 Å². The Morgan fingerprint density at radius 3 is 2.61 bits per heavy atom. The molecule has 0 aliphatic heterocycles. The zero-order chi connectivity index (χ0) is 13.0. The zero-order valence-electron chi connectivity index (χ0n) is 9.48. The molecule has 0 spiro atoms. The van der Waals surface area contributed by atoms with Crippen molar-refractivity contribution in [2.75, 3.05) is 0 Å². The maximum Gasteiger partial charge on any atom is 0.146 e. The van der Waals surface area contributed by atoms with Crippen molar-refractivity contribution in [2.45, 2.75) is 12.5 Å². The van der Waals surface area contributed by atoms with Crippen LogP contribution in [0.15, 0.2) is 36.7 Å². The largest absolute Gasteiger partial charge is 0.271 e. The maximum absolute atomic E-state index is 13.7. The molecule has 0 saturated heterocycles. The third-order valence-electron chi connectivity index (χ3n) is 2.57. The second-order valence-corrected chi connectivity index (χ2v) is 4.14. The van der Waals surface area contributed by atoms with Crippen LogP contribution in [0.1, 0.15) is 17.4 Å². The first-order chi connectivity index (χ1) is 8.72. The van der Waals surface area contributed by atoms with Crippen molar-refractivity contribution in [1.29, 1.82) is 0 Å². The predicted molar refractivity (Wildman–Crippen MR) is 67.2 cm³/mol. The van der Waals surface area contributed by atoms with Gasteiger partial charge in [-0.05, 0) is 18.2 Å². The van der Waals surface area contributed by atoms with E-state index in [1.807, 2.05) is 0 Å². The van der Waals surface area contributed by atoms with E-state index in [1.165, 1.54) is 6.07 Å². The summed E-state index contributed by atoms with van der Waals surface area (Å²) in [5.41, 5.74) is 2.97. The van der Waals surface area contributed by atoms with Gasteiger partial charge in [0.2, 0.25) is 0 Å². The molecule has 3 N–H and O–H groups in total. The van der Waals surface area contributed by atoms with E-state index in [-0.39, 0.29) is 18.3 Å². The van der Waals surface area contributed by atoms with Crippen molar-refractivity contribution in [3.05, 3.63) is 58.9 Å².